The second-order valence-corrected chi connectivity index (χ2v) is 11.6. The lowest BCUT2D eigenvalue weighted by Crippen LogP contribution is -2.44. The van der Waals surface area contributed by atoms with Crippen LogP contribution in [0.5, 0.6) is 0 Å². The van der Waals surface area contributed by atoms with E-state index in [0.29, 0.717) is 17.4 Å². The van der Waals surface area contributed by atoms with Crippen molar-refractivity contribution >= 4 is 45.5 Å². The van der Waals surface area contributed by atoms with Gasteiger partial charge in [0, 0.05) is 34.7 Å². The van der Waals surface area contributed by atoms with E-state index in [0.717, 1.165) is 57.8 Å². The van der Waals surface area contributed by atoms with Crippen molar-refractivity contribution in [2.75, 3.05) is 0 Å². The van der Waals surface area contributed by atoms with Crippen LogP contribution in [-0.2, 0) is 11.3 Å². The number of carbonyl (C=O) groups excluding carboxylic acids is 1. The van der Waals surface area contributed by atoms with Crippen molar-refractivity contribution < 1.29 is 9.18 Å². The number of amides is 1. The van der Waals surface area contributed by atoms with E-state index in [1.165, 1.54) is 24.2 Å². The number of nitrogens with zero attached hydrogens (tertiary/aromatic N) is 3. The fraction of sp³-hybridized carbons (Fsp3) is 0.273. The molecule has 0 N–H and O–H groups in total. The first kappa shape index (κ1) is 25.6. The van der Waals surface area contributed by atoms with E-state index in [-0.39, 0.29) is 17.8 Å². The molecule has 6 rings (SSSR count). The number of thioether (sulfide) groups is 1. The molecule has 1 saturated carbocycles. The molecule has 4 aromatic rings. The van der Waals surface area contributed by atoms with Gasteiger partial charge in [-0.3, -0.25) is 9.69 Å². The van der Waals surface area contributed by atoms with Gasteiger partial charge >= 0.3 is 0 Å². The van der Waals surface area contributed by atoms with Crippen molar-refractivity contribution in [1.29, 1.82) is 0 Å². The molecule has 1 saturated heterocycles. The Kier molecular flexibility index (Phi) is 7.13. The summed E-state index contributed by atoms with van der Waals surface area (Å²) >= 11 is 1.47. The zero-order valence-corrected chi connectivity index (χ0v) is 23.1. The maximum Gasteiger partial charge on any atom is 0.267 e. The third-order valence-electron chi connectivity index (χ3n) is 8.00. The van der Waals surface area contributed by atoms with Crippen LogP contribution in [0.4, 0.5) is 10.1 Å². The van der Waals surface area contributed by atoms with E-state index in [9.17, 15) is 9.18 Å². The van der Waals surface area contributed by atoms with Gasteiger partial charge in [-0.05, 0) is 79.4 Å². The normalized spacial score (nSPS) is 21.9. The number of hydrogen-bond donors (Lipinski definition) is 0. The third-order valence-corrected chi connectivity index (χ3v) is 8.98. The van der Waals surface area contributed by atoms with Crippen LogP contribution in [0.1, 0.15) is 49.4 Å². The van der Waals surface area contributed by atoms with E-state index in [1.54, 1.807) is 12.1 Å². The van der Waals surface area contributed by atoms with Crippen LogP contribution in [0, 0.1) is 18.7 Å². The molecule has 0 bridgehead atoms. The van der Waals surface area contributed by atoms with Gasteiger partial charge in [0.25, 0.3) is 5.91 Å². The van der Waals surface area contributed by atoms with Crippen LogP contribution in [0.25, 0.3) is 17.0 Å². The highest BCUT2D eigenvalue weighted by molar-refractivity contribution is 8.18. The van der Waals surface area contributed by atoms with E-state index < -0.39 is 0 Å². The summed E-state index contributed by atoms with van der Waals surface area (Å²) in [5.74, 6) is 0.229. The van der Waals surface area contributed by atoms with Crippen LogP contribution in [-0.4, -0.2) is 26.6 Å². The van der Waals surface area contributed by atoms with E-state index in [2.05, 4.69) is 30.5 Å². The lowest BCUT2D eigenvalue weighted by Gasteiger charge is -2.35. The minimum atomic E-state index is -0.237. The molecule has 1 aromatic heterocycles. The van der Waals surface area contributed by atoms with Crippen LogP contribution in [0.15, 0.2) is 88.8 Å². The zero-order valence-electron chi connectivity index (χ0n) is 22.3. The minimum absolute atomic E-state index is 0.0368. The molecule has 198 valence electrons. The lowest BCUT2D eigenvalue weighted by atomic mass is 9.85. The van der Waals surface area contributed by atoms with Gasteiger partial charge in [-0.25, -0.2) is 9.38 Å². The number of carbonyl (C=O) groups is 1. The summed E-state index contributed by atoms with van der Waals surface area (Å²) in [7, 11) is 0. The Hall–Kier alpha value is -3.64. The number of benzene rings is 3. The molecular weight excluding hydrogens is 505 g/mol. The Labute approximate surface area is 233 Å². The van der Waals surface area contributed by atoms with E-state index in [4.69, 9.17) is 4.99 Å². The van der Waals surface area contributed by atoms with Crippen molar-refractivity contribution in [3.05, 3.63) is 106 Å². The van der Waals surface area contributed by atoms with Crippen LogP contribution in [0.2, 0.25) is 0 Å². The summed E-state index contributed by atoms with van der Waals surface area (Å²) in [6.07, 6.45) is 6.52. The maximum atomic E-state index is 14.0. The highest BCUT2D eigenvalue weighted by Crippen LogP contribution is 2.41. The van der Waals surface area contributed by atoms with Gasteiger partial charge in [-0.2, -0.15) is 0 Å². The summed E-state index contributed by atoms with van der Waals surface area (Å²) in [5, 5.41) is 1.84. The van der Waals surface area contributed by atoms with E-state index >= 15 is 0 Å². The number of rotatable bonds is 5. The largest absolute Gasteiger partial charge is 0.340 e. The first-order valence-electron chi connectivity index (χ1n) is 13.7. The van der Waals surface area contributed by atoms with Crippen molar-refractivity contribution in [2.45, 2.75) is 52.1 Å². The second-order valence-electron chi connectivity index (χ2n) is 10.6. The Morgan fingerprint density at radius 1 is 1.00 bits per heavy atom. The molecule has 2 fully saturated rings. The smallest absolute Gasteiger partial charge is 0.267 e. The van der Waals surface area contributed by atoms with Crippen molar-refractivity contribution in [1.82, 2.24) is 9.47 Å². The molecule has 1 aliphatic heterocycles. The maximum absolute atomic E-state index is 14.0. The van der Waals surface area contributed by atoms with Gasteiger partial charge in [0.15, 0.2) is 5.17 Å². The number of aromatic nitrogens is 1. The van der Waals surface area contributed by atoms with Gasteiger partial charge in [0.1, 0.15) is 5.82 Å². The van der Waals surface area contributed by atoms with Crippen molar-refractivity contribution in [2.24, 2.45) is 10.9 Å². The molecule has 1 aliphatic carbocycles. The fourth-order valence-corrected chi connectivity index (χ4v) is 6.97. The summed E-state index contributed by atoms with van der Waals surface area (Å²) in [4.78, 5) is 21.7. The number of aliphatic imine (C=N–C) groups is 1. The van der Waals surface area contributed by atoms with Gasteiger partial charge in [-0.1, -0.05) is 68.3 Å². The molecule has 2 heterocycles. The van der Waals surface area contributed by atoms with Crippen LogP contribution < -0.4 is 0 Å². The molecule has 0 radical (unpaired) electrons. The van der Waals surface area contributed by atoms with E-state index in [1.807, 2.05) is 59.5 Å². The highest BCUT2D eigenvalue weighted by atomic mass is 32.2. The molecule has 4 nitrogen and oxygen atoms in total. The van der Waals surface area contributed by atoms with Gasteiger partial charge in [0.05, 0.1) is 10.6 Å². The van der Waals surface area contributed by atoms with Gasteiger partial charge in [-0.15, -0.1) is 0 Å². The fourth-order valence-electron chi connectivity index (χ4n) is 5.94. The van der Waals surface area contributed by atoms with Gasteiger partial charge < -0.3 is 4.57 Å². The SMILES string of the molecule is Cc1c(/C=C2\SC(=Nc3ccccc3)N([C@H]3CCCC[C@H]3C)C2=O)c2ccccc2n1Cc1cccc(F)c1. The number of amidine groups is 1. The van der Waals surface area contributed by atoms with Gasteiger partial charge in [0.2, 0.25) is 0 Å². The molecule has 2 atom stereocenters. The Balaban J connectivity index is 1.43. The monoisotopic (exact) mass is 537 g/mol. The molecule has 0 unspecified atom stereocenters. The Morgan fingerprint density at radius 3 is 2.56 bits per heavy atom. The summed E-state index contributed by atoms with van der Waals surface area (Å²) in [6.45, 7) is 4.89. The standard InChI is InChI=1S/C33H32FN3OS/c1-22-11-6-8-17-29(22)37-32(38)31(39-33(37)35-26-14-4-3-5-15-26)20-28-23(2)36(30-18-9-7-16-27(28)30)21-24-12-10-13-25(34)19-24/h3-5,7,9-10,12-16,18-20,22,29H,6,8,11,17,21H2,1-2H3/b31-20-,35-33?/t22-,29+/m1/s1. The Bertz CT molecular complexity index is 1590. The molecule has 0 spiro atoms. The van der Waals surface area contributed by atoms with Crippen molar-refractivity contribution in [3.63, 3.8) is 0 Å². The lowest BCUT2D eigenvalue weighted by molar-refractivity contribution is -0.124. The molecule has 3 aromatic carbocycles. The highest BCUT2D eigenvalue weighted by Gasteiger charge is 2.41. The predicted molar refractivity (Wildman–Crippen MR) is 160 cm³/mol. The van der Waals surface area contributed by atoms with Crippen molar-refractivity contribution in [3.8, 4) is 0 Å². The average Bonchev–Trinajstić information content (AvgIpc) is 3.38. The molecule has 1 amide bonds. The number of fused-ring (bicyclic) bond motifs is 1. The number of hydrogen-bond acceptors (Lipinski definition) is 3. The topological polar surface area (TPSA) is 37.6 Å². The zero-order chi connectivity index (χ0) is 26.9. The molecule has 39 heavy (non-hydrogen) atoms. The number of halogens is 1. The third kappa shape index (κ3) is 5.06. The van der Waals surface area contributed by atoms with Crippen LogP contribution >= 0.6 is 11.8 Å². The number of para-hydroxylation sites is 2. The average molecular weight is 538 g/mol. The second kappa shape index (κ2) is 10.9. The molecular formula is C33H32FN3OS. The van der Waals surface area contributed by atoms with Crippen LogP contribution in [0.3, 0.4) is 0 Å². The quantitative estimate of drug-likeness (QED) is 0.240. The molecule has 6 heteroatoms. The Morgan fingerprint density at radius 2 is 1.77 bits per heavy atom. The summed E-state index contributed by atoms with van der Waals surface area (Å²) in [6, 6.07) is 25.0. The minimum Gasteiger partial charge on any atom is -0.340 e. The summed E-state index contributed by atoms with van der Waals surface area (Å²) < 4.78 is 16.1. The first-order valence-corrected chi connectivity index (χ1v) is 14.5. The molecule has 2 aliphatic rings. The summed E-state index contributed by atoms with van der Waals surface area (Å²) in [5.41, 5.74) is 4.89. The predicted octanol–water partition coefficient (Wildman–Crippen LogP) is 8.32. The first-order chi connectivity index (χ1) is 19.0.